The molecule has 1 fully saturated rings. The predicted molar refractivity (Wildman–Crippen MR) is 139 cm³/mol. The third-order valence-electron chi connectivity index (χ3n) is 5.63. The quantitative estimate of drug-likeness (QED) is 0.339. The number of piperidine rings is 1. The van der Waals surface area contributed by atoms with E-state index >= 15 is 0 Å². The summed E-state index contributed by atoms with van der Waals surface area (Å²) in [6.45, 7) is 4.42. The number of aromatic nitrogens is 2. The molecule has 1 aliphatic heterocycles. The third kappa shape index (κ3) is 6.00. The summed E-state index contributed by atoms with van der Waals surface area (Å²) in [6, 6.07) is 11.7. The molecule has 1 aliphatic rings. The minimum absolute atomic E-state index is 0. The molecule has 2 aromatic carbocycles. The van der Waals surface area contributed by atoms with Gasteiger partial charge in [0.1, 0.15) is 12.4 Å². The molecule has 1 saturated heterocycles. The molecule has 0 amide bonds. The number of ether oxygens (including phenoxy) is 1. The predicted octanol–water partition coefficient (Wildman–Crippen LogP) is 4.66. The van der Waals surface area contributed by atoms with Gasteiger partial charge in [0.05, 0.1) is 24.5 Å². The molecule has 8 nitrogen and oxygen atoms in total. The van der Waals surface area contributed by atoms with Crippen molar-refractivity contribution in [3.8, 4) is 5.75 Å². The van der Waals surface area contributed by atoms with E-state index in [0.29, 0.717) is 29.7 Å². The Balaban J connectivity index is 0.00000324. The third-order valence-corrected chi connectivity index (χ3v) is 5.93. The van der Waals surface area contributed by atoms with Crippen molar-refractivity contribution >= 4 is 52.6 Å². The van der Waals surface area contributed by atoms with Crippen LogP contribution in [0.3, 0.4) is 0 Å². The van der Waals surface area contributed by atoms with Crippen molar-refractivity contribution in [2.75, 3.05) is 37.0 Å². The van der Waals surface area contributed by atoms with Crippen LogP contribution in [0.1, 0.15) is 30.9 Å². The highest BCUT2D eigenvalue weighted by Crippen LogP contribution is 2.31. The molecular weight excluding hydrogens is 477 g/mol. The van der Waals surface area contributed by atoms with Crippen LogP contribution >= 0.6 is 24.0 Å². The molecule has 2 heterocycles. The molecule has 10 heteroatoms. The monoisotopic (exact) mass is 505 g/mol. The molecule has 3 aromatic rings. The van der Waals surface area contributed by atoms with Crippen LogP contribution in [0.5, 0.6) is 5.75 Å². The number of halogens is 2. The lowest BCUT2D eigenvalue weighted by molar-refractivity contribution is 0.145. The Morgan fingerprint density at radius 3 is 2.68 bits per heavy atom. The van der Waals surface area contributed by atoms with Crippen molar-refractivity contribution in [2.24, 2.45) is 5.16 Å². The summed E-state index contributed by atoms with van der Waals surface area (Å²) in [5.41, 5.74) is 1.90. The number of rotatable bonds is 8. The number of benzene rings is 2. The number of aliphatic hydroxyl groups is 1. The molecule has 0 atom stereocenters. The van der Waals surface area contributed by atoms with E-state index in [0.717, 1.165) is 53.6 Å². The van der Waals surface area contributed by atoms with E-state index < -0.39 is 0 Å². The number of methoxy groups -OCH3 is 1. The molecule has 0 radical (unpaired) electrons. The van der Waals surface area contributed by atoms with Gasteiger partial charge in [-0.3, -0.25) is 0 Å². The van der Waals surface area contributed by atoms with Gasteiger partial charge in [-0.15, -0.1) is 22.6 Å². The van der Waals surface area contributed by atoms with Crippen molar-refractivity contribution < 1.29 is 14.7 Å². The lowest BCUT2D eigenvalue weighted by Crippen LogP contribution is -2.36. The second-order valence-electron chi connectivity index (χ2n) is 7.87. The fraction of sp³-hybridized carbons (Fsp3) is 0.375. The van der Waals surface area contributed by atoms with Crippen molar-refractivity contribution in [1.29, 1.82) is 0 Å². The van der Waals surface area contributed by atoms with Gasteiger partial charge in [0.25, 0.3) is 0 Å². The number of oxime groups is 1. The maximum Gasteiger partial charge on any atom is 0.159 e. The summed E-state index contributed by atoms with van der Waals surface area (Å²) in [5.74, 6) is 2.13. The van der Waals surface area contributed by atoms with Gasteiger partial charge in [0.2, 0.25) is 0 Å². The van der Waals surface area contributed by atoms with Crippen molar-refractivity contribution in [2.45, 2.75) is 32.4 Å². The molecule has 0 saturated carbocycles. The minimum Gasteiger partial charge on any atom is -0.495 e. The summed E-state index contributed by atoms with van der Waals surface area (Å²) in [5, 5.41) is 28.8. The van der Waals surface area contributed by atoms with E-state index in [1.54, 1.807) is 13.3 Å². The van der Waals surface area contributed by atoms with Crippen LogP contribution in [0.25, 0.3) is 10.8 Å². The van der Waals surface area contributed by atoms with Gasteiger partial charge in [-0.25, -0.2) is 0 Å². The van der Waals surface area contributed by atoms with Crippen molar-refractivity contribution in [1.82, 2.24) is 10.2 Å². The summed E-state index contributed by atoms with van der Waals surface area (Å²) in [7, 11) is 1.60. The second kappa shape index (κ2) is 12.1. The fourth-order valence-corrected chi connectivity index (χ4v) is 4.14. The van der Waals surface area contributed by atoms with Crippen LogP contribution < -0.4 is 15.0 Å². The van der Waals surface area contributed by atoms with Gasteiger partial charge in [-0.1, -0.05) is 28.9 Å². The molecule has 34 heavy (non-hydrogen) atoms. The van der Waals surface area contributed by atoms with Gasteiger partial charge < -0.3 is 24.9 Å². The molecule has 182 valence electrons. The molecule has 0 bridgehead atoms. The summed E-state index contributed by atoms with van der Waals surface area (Å²) < 4.78 is 5.23. The van der Waals surface area contributed by atoms with E-state index in [4.69, 9.17) is 21.2 Å². The van der Waals surface area contributed by atoms with Crippen LogP contribution in [0.15, 0.2) is 41.6 Å². The summed E-state index contributed by atoms with van der Waals surface area (Å²) in [4.78, 5) is 7.30. The van der Waals surface area contributed by atoms with Gasteiger partial charge in [-0.2, -0.15) is 0 Å². The Morgan fingerprint density at radius 1 is 1.18 bits per heavy atom. The Hall–Kier alpha value is -2.81. The van der Waals surface area contributed by atoms with Gasteiger partial charge in [-0.05, 0) is 55.2 Å². The van der Waals surface area contributed by atoms with E-state index in [2.05, 4.69) is 25.6 Å². The molecule has 1 aromatic heterocycles. The molecule has 2 N–H and O–H groups in total. The molecule has 4 rings (SSSR count). The SMILES string of the molecule is CCO/N=C/c1ccc2c(N3CCC(O)CC3)nnc(NCc3ccc(OC)c(Cl)c3)c2c1.Cl. The van der Waals surface area contributed by atoms with Gasteiger partial charge >= 0.3 is 0 Å². The average molecular weight is 506 g/mol. The van der Waals surface area contributed by atoms with Crippen LogP contribution in [-0.2, 0) is 11.4 Å². The molecular formula is C24H29Cl2N5O3. The lowest BCUT2D eigenvalue weighted by atomic mass is 10.1. The fourth-order valence-electron chi connectivity index (χ4n) is 3.86. The zero-order valence-electron chi connectivity index (χ0n) is 19.2. The van der Waals surface area contributed by atoms with Gasteiger partial charge in [0.15, 0.2) is 11.6 Å². The average Bonchev–Trinajstić information content (AvgIpc) is 2.83. The maximum atomic E-state index is 9.88. The van der Waals surface area contributed by atoms with Gasteiger partial charge in [0, 0.05) is 30.4 Å². The first-order valence-electron chi connectivity index (χ1n) is 11.0. The minimum atomic E-state index is -0.251. The topological polar surface area (TPSA) is 92.1 Å². The number of anilines is 2. The lowest BCUT2D eigenvalue weighted by Gasteiger charge is -2.31. The second-order valence-corrected chi connectivity index (χ2v) is 8.28. The Morgan fingerprint density at radius 2 is 1.97 bits per heavy atom. The highest BCUT2D eigenvalue weighted by atomic mass is 35.5. The highest BCUT2D eigenvalue weighted by Gasteiger charge is 2.21. The first-order valence-corrected chi connectivity index (χ1v) is 11.4. The number of hydrogen-bond donors (Lipinski definition) is 2. The number of aliphatic hydroxyl groups excluding tert-OH is 1. The zero-order chi connectivity index (χ0) is 23.2. The van der Waals surface area contributed by atoms with Crippen LogP contribution in [0, 0.1) is 0 Å². The Bertz CT molecular complexity index is 1140. The first-order chi connectivity index (χ1) is 16.1. The first kappa shape index (κ1) is 25.8. The highest BCUT2D eigenvalue weighted by molar-refractivity contribution is 6.32. The maximum absolute atomic E-state index is 9.88. The van der Waals surface area contributed by atoms with Crippen LogP contribution in [-0.4, -0.2) is 54.4 Å². The van der Waals surface area contributed by atoms with E-state index in [1.165, 1.54) is 0 Å². The Labute approximate surface area is 210 Å². The van der Waals surface area contributed by atoms with Crippen molar-refractivity contribution in [3.05, 3.63) is 52.5 Å². The summed E-state index contributed by atoms with van der Waals surface area (Å²) in [6.07, 6.45) is 2.88. The summed E-state index contributed by atoms with van der Waals surface area (Å²) >= 11 is 6.27. The molecule has 0 unspecified atom stereocenters. The molecule has 0 aliphatic carbocycles. The molecule has 0 spiro atoms. The number of nitrogens with zero attached hydrogens (tertiary/aromatic N) is 4. The van der Waals surface area contributed by atoms with Crippen molar-refractivity contribution in [3.63, 3.8) is 0 Å². The normalized spacial score (nSPS) is 14.3. The number of fused-ring (bicyclic) bond motifs is 1. The largest absolute Gasteiger partial charge is 0.495 e. The van der Waals surface area contributed by atoms with E-state index in [1.807, 2.05) is 43.3 Å². The zero-order valence-corrected chi connectivity index (χ0v) is 20.8. The Kier molecular flexibility index (Phi) is 9.15. The van der Waals surface area contributed by atoms with E-state index in [9.17, 15) is 5.11 Å². The van der Waals surface area contributed by atoms with Crippen LogP contribution in [0.2, 0.25) is 5.02 Å². The number of hydrogen-bond acceptors (Lipinski definition) is 8. The number of nitrogens with one attached hydrogen (secondary N) is 1. The standard InChI is InChI=1S/C24H28ClN5O3.ClH/c1-3-33-27-15-16-4-6-19-20(12-16)23(26-14-17-5-7-22(32-2)21(25)13-17)28-29-24(19)30-10-8-18(31)9-11-30;/h4-7,12-13,15,18,31H,3,8-11,14H2,1-2H3,(H,26,28);1H/b27-15+;. The van der Waals surface area contributed by atoms with E-state index in [-0.39, 0.29) is 18.5 Å². The van der Waals surface area contributed by atoms with Crippen LogP contribution in [0.4, 0.5) is 11.6 Å². The smallest absolute Gasteiger partial charge is 0.159 e.